The quantitative estimate of drug-likeness (QED) is 0.693. The Morgan fingerprint density at radius 3 is 2.52 bits per heavy atom. The minimum absolute atomic E-state index is 0.271. The van der Waals surface area contributed by atoms with E-state index >= 15 is 0 Å². The summed E-state index contributed by atoms with van der Waals surface area (Å²) in [5, 5.41) is 11.5. The number of carbonyl (C=O) groups is 3. The van der Waals surface area contributed by atoms with Crippen molar-refractivity contribution in [3.05, 3.63) is 47.5 Å². The Labute approximate surface area is 121 Å². The zero-order valence-electron chi connectivity index (χ0n) is 11.2. The van der Waals surface area contributed by atoms with Gasteiger partial charge in [0.15, 0.2) is 0 Å². The van der Waals surface area contributed by atoms with Crippen molar-refractivity contribution in [1.29, 1.82) is 0 Å². The standard InChI is InChI=1S/C14H15N3O4/c15-14(21)16-8-9-3-5-10(6-4-9)12(18)17-7-1-2-11(17)13(19)20/h1-6,11H,7-8H2,(H,19,20)(H3,15,16,21). The molecule has 1 unspecified atom stereocenters. The number of nitrogens with one attached hydrogen (secondary N) is 1. The molecule has 1 aliphatic rings. The highest BCUT2D eigenvalue weighted by Gasteiger charge is 2.30. The van der Waals surface area contributed by atoms with E-state index in [0.717, 1.165) is 5.56 Å². The lowest BCUT2D eigenvalue weighted by molar-refractivity contribution is -0.140. The molecule has 7 heteroatoms. The van der Waals surface area contributed by atoms with Crippen molar-refractivity contribution in [2.24, 2.45) is 5.73 Å². The van der Waals surface area contributed by atoms with Gasteiger partial charge in [0, 0.05) is 18.7 Å². The highest BCUT2D eigenvalue weighted by molar-refractivity contribution is 5.97. The lowest BCUT2D eigenvalue weighted by Crippen LogP contribution is -2.40. The summed E-state index contributed by atoms with van der Waals surface area (Å²) in [6, 6.07) is 5.01. The third-order valence-electron chi connectivity index (χ3n) is 3.14. The molecule has 1 heterocycles. The Morgan fingerprint density at radius 1 is 1.29 bits per heavy atom. The number of rotatable bonds is 4. The molecule has 0 saturated carbocycles. The van der Waals surface area contributed by atoms with Crippen LogP contribution in [0.5, 0.6) is 0 Å². The van der Waals surface area contributed by atoms with Crippen LogP contribution in [0.2, 0.25) is 0 Å². The second-order valence-corrected chi connectivity index (χ2v) is 4.58. The molecule has 0 radical (unpaired) electrons. The number of carboxylic acid groups (broad SMARTS) is 1. The van der Waals surface area contributed by atoms with E-state index in [2.05, 4.69) is 5.32 Å². The number of amides is 3. The van der Waals surface area contributed by atoms with Gasteiger partial charge in [-0.3, -0.25) is 4.79 Å². The summed E-state index contributed by atoms with van der Waals surface area (Å²) in [7, 11) is 0. The first kappa shape index (κ1) is 14.6. The van der Waals surface area contributed by atoms with Crippen LogP contribution in [0.25, 0.3) is 0 Å². The van der Waals surface area contributed by atoms with Gasteiger partial charge in [-0.25, -0.2) is 9.59 Å². The van der Waals surface area contributed by atoms with E-state index in [1.54, 1.807) is 30.3 Å². The van der Waals surface area contributed by atoms with E-state index in [1.807, 2.05) is 0 Å². The van der Waals surface area contributed by atoms with Crippen LogP contribution in [0.3, 0.4) is 0 Å². The number of nitrogens with two attached hydrogens (primary N) is 1. The van der Waals surface area contributed by atoms with E-state index in [0.29, 0.717) is 5.56 Å². The zero-order chi connectivity index (χ0) is 15.4. The number of nitrogens with zero attached hydrogens (tertiary/aromatic N) is 1. The fourth-order valence-electron chi connectivity index (χ4n) is 2.07. The smallest absolute Gasteiger partial charge is 0.330 e. The van der Waals surface area contributed by atoms with Crippen LogP contribution in [0.4, 0.5) is 4.79 Å². The summed E-state index contributed by atoms with van der Waals surface area (Å²) in [6.45, 7) is 0.549. The minimum atomic E-state index is -1.06. The lowest BCUT2D eigenvalue weighted by Gasteiger charge is -2.21. The third-order valence-corrected chi connectivity index (χ3v) is 3.14. The largest absolute Gasteiger partial charge is 0.479 e. The zero-order valence-corrected chi connectivity index (χ0v) is 11.2. The molecule has 0 spiro atoms. The van der Waals surface area contributed by atoms with Crippen LogP contribution >= 0.6 is 0 Å². The van der Waals surface area contributed by atoms with Gasteiger partial charge in [0.25, 0.3) is 5.91 Å². The molecule has 1 aliphatic heterocycles. The molecule has 0 saturated heterocycles. The Kier molecular flexibility index (Phi) is 4.22. The molecule has 0 fully saturated rings. The average molecular weight is 289 g/mol. The van der Waals surface area contributed by atoms with Gasteiger partial charge >= 0.3 is 12.0 Å². The first-order valence-electron chi connectivity index (χ1n) is 6.31. The second kappa shape index (κ2) is 6.08. The van der Waals surface area contributed by atoms with Gasteiger partial charge in [0.2, 0.25) is 0 Å². The molecular weight excluding hydrogens is 274 g/mol. The number of primary amides is 1. The van der Waals surface area contributed by atoms with Crippen LogP contribution in [-0.4, -0.2) is 40.5 Å². The lowest BCUT2D eigenvalue weighted by atomic mass is 10.1. The topological polar surface area (TPSA) is 113 Å². The molecule has 1 aromatic rings. The fourth-order valence-corrected chi connectivity index (χ4v) is 2.07. The van der Waals surface area contributed by atoms with Crippen LogP contribution in [0, 0.1) is 0 Å². The second-order valence-electron chi connectivity index (χ2n) is 4.58. The molecule has 21 heavy (non-hydrogen) atoms. The molecule has 7 nitrogen and oxygen atoms in total. The molecule has 0 aliphatic carbocycles. The molecule has 0 bridgehead atoms. The number of benzene rings is 1. The summed E-state index contributed by atoms with van der Waals surface area (Å²) in [5.74, 6) is -1.40. The summed E-state index contributed by atoms with van der Waals surface area (Å²) in [5.41, 5.74) is 6.16. The van der Waals surface area contributed by atoms with Gasteiger partial charge < -0.3 is 21.1 Å². The van der Waals surface area contributed by atoms with Crippen LogP contribution in [0.15, 0.2) is 36.4 Å². The molecule has 0 aromatic heterocycles. The highest BCUT2D eigenvalue weighted by Crippen LogP contribution is 2.15. The van der Waals surface area contributed by atoms with Gasteiger partial charge in [-0.15, -0.1) is 0 Å². The molecular formula is C14H15N3O4. The summed E-state index contributed by atoms with van der Waals surface area (Å²) in [4.78, 5) is 35.2. The molecule has 1 atom stereocenters. The summed E-state index contributed by atoms with van der Waals surface area (Å²) in [6.07, 6.45) is 3.15. The van der Waals surface area contributed by atoms with E-state index in [4.69, 9.17) is 10.8 Å². The number of hydrogen-bond donors (Lipinski definition) is 3. The normalized spacial score (nSPS) is 16.8. The highest BCUT2D eigenvalue weighted by atomic mass is 16.4. The van der Waals surface area contributed by atoms with E-state index in [1.165, 1.54) is 11.0 Å². The number of carboxylic acids is 1. The fraction of sp³-hybridized carbons (Fsp3) is 0.214. The van der Waals surface area contributed by atoms with Crippen LogP contribution in [-0.2, 0) is 11.3 Å². The molecule has 2 rings (SSSR count). The van der Waals surface area contributed by atoms with Crippen molar-refractivity contribution in [2.45, 2.75) is 12.6 Å². The van der Waals surface area contributed by atoms with Gasteiger partial charge in [0.05, 0.1) is 0 Å². The number of aliphatic carboxylic acids is 1. The Morgan fingerprint density at radius 2 is 1.95 bits per heavy atom. The third kappa shape index (κ3) is 3.38. The number of hydrogen-bond acceptors (Lipinski definition) is 3. The van der Waals surface area contributed by atoms with Crippen molar-refractivity contribution in [2.75, 3.05) is 6.54 Å². The molecule has 1 aromatic carbocycles. The maximum atomic E-state index is 12.3. The maximum Gasteiger partial charge on any atom is 0.330 e. The van der Waals surface area contributed by atoms with Crippen molar-refractivity contribution in [1.82, 2.24) is 10.2 Å². The molecule has 110 valence electrons. The summed E-state index contributed by atoms with van der Waals surface area (Å²) < 4.78 is 0. The molecule has 4 N–H and O–H groups in total. The van der Waals surface area contributed by atoms with Crippen LogP contribution in [0.1, 0.15) is 15.9 Å². The van der Waals surface area contributed by atoms with Gasteiger partial charge in [-0.05, 0) is 17.7 Å². The van der Waals surface area contributed by atoms with E-state index in [-0.39, 0.29) is 19.0 Å². The monoisotopic (exact) mass is 289 g/mol. The first-order valence-corrected chi connectivity index (χ1v) is 6.31. The number of urea groups is 1. The van der Waals surface area contributed by atoms with E-state index < -0.39 is 18.0 Å². The van der Waals surface area contributed by atoms with E-state index in [9.17, 15) is 14.4 Å². The Hall–Kier alpha value is -2.83. The van der Waals surface area contributed by atoms with Gasteiger partial charge in [-0.1, -0.05) is 24.3 Å². The SMILES string of the molecule is NC(=O)NCc1ccc(C(=O)N2CC=CC2C(=O)O)cc1. The Bertz CT molecular complexity index is 595. The predicted molar refractivity (Wildman–Crippen MR) is 74.5 cm³/mol. The Balaban J connectivity index is 2.06. The average Bonchev–Trinajstić information content (AvgIpc) is 2.94. The predicted octanol–water partition coefficient (Wildman–Crippen LogP) is 0.320. The summed E-state index contributed by atoms with van der Waals surface area (Å²) >= 11 is 0. The van der Waals surface area contributed by atoms with Gasteiger partial charge in [-0.2, -0.15) is 0 Å². The maximum absolute atomic E-state index is 12.3. The number of carbonyl (C=O) groups excluding carboxylic acids is 2. The van der Waals surface area contributed by atoms with Crippen molar-refractivity contribution < 1.29 is 19.5 Å². The van der Waals surface area contributed by atoms with Crippen molar-refractivity contribution in [3.63, 3.8) is 0 Å². The van der Waals surface area contributed by atoms with Crippen molar-refractivity contribution >= 4 is 17.9 Å². The minimum Gasteiger partial charge on any atom is -0.479 e. The first-order chi connectivity index (χ1) is 9.99. The van der Waals surface area contributed by atoms with Crippen molar-refractivity contribution in [3.8, 4) is 0 Å². The molecule has 3 amide bonds. The van der Waals surface area contributed by atoms with Gasteiger partial charge in [0.1, 0.15) is 6.04 Å². The van der Waals surface area contributed by atoms with Crippen LogP contribution < -0.4 is 11.1 Å².